The van der Waals surface area contributed by atoms with Crippen molar-refractivity contribution in [1.82, 2.24) is 19.3 Å². The second kappa shape index (κ2) is 6.67. The van der Waals surface area contributed by atoms with E-state index in [2.05, 4.69) is 10.3 Å². The number of rotatable bonds is 3. The van der Waals surface area contributed by atoms with Crippen LogP contribution in [0.15, 0.2) is 53.5 Å². The smallest absolute Gasteiger partial charge is 0.408 e. The first-order valence-corrected chi connectivity index (χ1v) is 8.41. The Morgan fingerprint density at radius 3 is 2.50 bits per heavy atom. The minimum Gasteiger partial charge on any atom is -0.444 e. The summed E-state index contributed by atoms with van der Waals surface area (Å²) in [5.74, 6) is 0.429. The number of para-hydroxylation sites is 1. The number of ether oxygens (including phenoxy) is 1. The van der Waals surface area contributed by atoms with Crippen LogP contribution in [-0.2, 0) is 4.74 Å². The molecule has 2 heterocycles. The first-order valence-electron chi connectivity index (χ1n) is 8.41. The zero-order valence-electron chi connectivity index (χ0n) is 15.3. The Kier molecular flexibility index (Phi) is 4.54. The van der Waals surface area contributed by atoms with Crippen molar-refractivity contribution in [2.45, 2.75) is 39.3 Å². The van der Waals surface area contributed by atoms with Gasteiger partial charge in [-0.3, -0.25) is 4.40 Å². The average molecular weight is 354 g/mol. The highest BCUT2D eigenvalue weighted by Gasteiger charge is 2.22. The summed E-state index contributed by atoms with van der Waals surface area (Å²) in [4.78, 5) is 29.7. The van der Waals surface area contributed by atoms with Crippen molar-refractivity contribution < 1.29 is 9.53 Å². The van der Waals surface area contributed by atoms with Gasteiger partial charge < -0.3 is 10.1 Å². The van der Waals surface area contributed by atoms with Gasteiger partial charge in [-0.2, -0.15) is 0 Å². The van der Waals surface area contributed by atoms with E-state index in [9.17, 15) is 9.59 Å². The molecular weight excluding hydrogens is 332 g/mol. The molecule has 0 aliphatic carbocycles. The van der Waals surface area contributed by atoms with Gasteiger partial charge in [0.05, 0.1) is 11.7 Å². The lowest BCUT2D eigenvalue weighted by molar-refractivity contribution is 0.0505. The van der Waals surface area contributed by atoms with Gasteiger partial charge in [0.1, 0.15) is 17.1 Å². The maximum atomic E-state index is 13.0. The SMILES string of the molecule is CC(NC(=O)OC(C)(C)C)c1nc2cccn2c(=O)n1-c1ccccc1. The molecule has 0 spiro atoms. The molecule has 0 radical (unpaired) electrons. The zero-order chi connectivity index (χ0) is 18.9. The summed E-state index contributed by atoms with van der Waals surface area (Å²) in [7, 11) is 0. The predicted octanol–water partition coefficient (Wildman–Crippen LogP) is 3.07. The number of nitrogens with zero attached hydrogens (tertiary/aromatic N) is 3. The topological polar surface area (TPSA) is 77.6 Å². The number of carbonyl (C=O) groups excluding carboxylic acids is 1. The van der Waals surface area contributed by atoms with Crippen molar-refractivity contribution in [2.24, 2.45) is 0 Å². The minimum absolute atomic E-state index is 0.251. The molecule has 1 amide bonds. The van der Waals surface area contributed by atoms with E-state index in [1.807, 2.05) is 30.3 Å². The summed E-state index contributed by atoms with van der Waals surface area (Å²) in [6.45, 7) is 7.15. The van der Waals surface area contributed by atoms with Crippen LogP contribution >= 0.6 is 0 Å². The van der Waals surface area contributed by atoms with E-state index >= 15 is 0 Å². The van der Waals surface area contributed by atoms with Gasteiger partial charge in [-0.15, -0.1) is 0 Å². The number of hydrogen-bond acceptors (Lipinski definition) is 4. The van der Waals surface area contributed by atoms with Gasteiger partial charge in [0, 0.05) is 6.20 Å². The molecule has 0 saturated carbocycles. The number of benzene rings is 1. The lowest BCUT2D eigenvalue weighted by Gasteiger charge is -2.23. The molecule has 1 N–H and O–H groups in total. The highest BCUT2D eigenvalue weighted by atomic mass is 16.6. The number of fused-ring (bicyclic) bond motifs is 1. The van der Waals surface area contributed by atoms with Crippen LogP contribution in [-0.4, -0.2) is 25.6 Å². The Bertz CT molecular complexity index is 983. The van der Waals surface area contributed by atoms with Gasteiger partial charge >= 0.3 is 11.8 Å². The molecule has 2 aromatic heterocycles. The van der Waals surface area contributed by atoms with Crippen LogP contribution in [0, 0.1) is 0 Å². The third-order valence-corrected chi connectivity index (χ3v) is 3.72. The molecule has 7 heteroatoms. The monoisotopic (exact) mass is 354 g/mol. The number of hydrogen-bond donors (Lipinski definition) is 1. The van der Waals surface area contributed by atoms with Crippen molar-refractivity contribution in [3.63, 3.8) is 0 Å². The number of nitrogens with one attached hydrogen (secondary N) is 1. The summed E-state index contributed by atoms with van der Waals surface area (Å²) in [6, 6.07) is 12.2. The first kappa shape index (κ1) is 17.7. The standard InChI is InChI=1S/C19H22N4O3/c1-13(20-17(24)26-19(2,3)4)16-21-15-11-8-12-22(15)18(25)23(16)14-9-6-5-7-10-14/h5-13H,1-4H3,(H,20,24). The molecule has 0 bridgehead atoms. The van der Waals surface area contributed by atoms with Crippen LogP contribution < -0.4 is 11.0 Å². The summed E-state index contributed by atoms with van der Waals surface area (Å²) >= 11 is 0. The van der Waals surface area contributed by atoms with Crippen LogP contribution in [0.5, 0.6) is 0 Å². The number of aromatic nitrogens is 3. The molecule has 1 unspecified atom stereocenters. The highest BCUT2D eigenvalue weighted by molar-refractivity contribution is 5.68. The Labute approximate surface area is 151 Å². The van der Waals surface area contributed by atoms with E-state index in [1.54, 1.807) is 46.0 Å². The third-order valence-electron chi connectivity index (χ3n) is 3.72. The van der Waals surface area contributed by atoms with Gasteiger partial charge in [0.2, 0.25) is 0 Å². The van der Waals surface area contributed by atoms with Crippen molar-refractivity contribution in [3.8, 4) is 5.69 Å². The summed E-state index contributed by atoms with van der Waals surface area (Å²) < 4.78 is 8.27. The number of alkyl carbamates (subject to hydrolysis) is 1. The largest absolute Gasteiger partial charge is 0.444 e. The Morgan fingerprint density at radius 2 is 1.85 bits per heavy atom. The van der Waals surface area contributed by atoms with Gasteiger partial charge in [-0.1, -0.05) is 18.2 Å². The average Bonchev–Trinajstić information content (AvgIpc) is 3.02. The summed E-state index contributed by atoms with van der Waals surface area (Å²) in [5, 5.41) is 2.75. The molecular formula is C19H22N4O3. The van der Waals surface area contributed by atoms with Crippen LogP contribution in [0.2, 0.25) is 0 Å². The summed E-state index contributed by atoms with van der Waals surface area (Å²) in [6.07, 6.45) is 1.11. The Morgan fingerprint density at radius 1 is 1.15 bits per heavy atom. The van der Waals surface area contributed by atoms with Gasteiger partial charge in [0.15, 0.2) is 0 Å². The molecule has 3 rings (SSSR count). The molecule has 0 saturated heterocycles. The second-order valence-corrected chi connectivity index (χ2v) is 7.03. The van der Waals surface area contributed by atoms with Crippen LogP contribution in [0.3, 0.4) is 0 Å². The van der Waals surface area contributed by atoms with Crippen molar-refractivity contribution in [3.05, 3.63) is 65.0 Å². The van der Waals surface area contributed by atoms with Gasteiger partial charge in [-0.05, 0) is 52.0 Å². The Balaban J connectivity index is 2.07. The highest BCUT2D eigenvalue weighted by Crippen LogP contribution is 2.16. The van der Waals surface area contributed by atoms with E-state index in [-0.39, 0.29) is 5.69 Å². The normalized spacial score (nSPS) is 12.8. The molecule has 0 fully saturated rings. The van der Waals surface area contributed by atoms with E-state index in [4.69, 9.17) is 4.74 Å². The Hall–Kier alpha value is -3.09. The van der Waals surface area contributed by atoms with Crippen LogP contribution in [0.4, 0.5) is 4.79 Å². The maximum absolute atomic E-state index is 13.0. The molecule has 0 aliphatic rings. The number of amides is 1. The van der Waals surface area contributed by atoms with Crippen LogP contribution in [0.1, 0.15) is 39.6 Å². The third kappa shape index (κ3) is 3.61. The van der Waals surface area contributed by atoms with Crippen molar-refractivity contribution in [1.29, 1.82) is 0 Å². The first-order chi connectivity index (χ1) is 12.3. The van der Waals surface area contributed by atoms with E-state index in [0.717, 1.165) is 0 Å². The lowest BCUT2D eigenvalue weighted by atomic mass is 10.2. The zero-order valence-corrected chi connectivity index (χ0v) is 15.3. The quantitative estimate of drug-likeness (QED) is 0.784. The van der Waals surface area contributed by atoms with E-state index in [0.29, 0.717) is 17.2 Å². The van der Waals surface area contributed by atoms with Gasteiger partial charge in [0.25, 0.3) is 0 Å². The number of carbonyl (C=O) groups is 1. The van der Waals surface area contributed by atoms with E-state index < -0.39 is 17.7 Å². The molecule has 3 aromatic rings. The lowest BCUT2D eigenvalue weighted by Crippen LogP contribution is -2.38. The second-order valence-electron chi connectivity index (χ2n) is 7.03. The molecule has 1 aromatic carbocycles. The van der Waals surface area contributed by atoms with Crippen molar-refractivity contribution >= 4 is 11.7 Å². The van der Waals surface area contributed by atoms with E-state index in [1.165, 1.54) is 8.97 Å². The minimum atomic E-state index is -0.609. The molecule has 7 nitrogen and oxygen atoms in total. The maximum Gasteiger partial charge on any atom is 0.408 e. The molecule has 136 valence electrons. The van der Waals surface area contributed by atoms with Gasteiger partial charge in [-0.25, -0.2) is 19.1 Å². The fourth-order valence-corrected chi connectivity index (χ4v) is 2.66. The fourth-order valence-electron chi connectivity index (χ4n) is 2.66. The molecule has 0 aliphatic heterocycles. The molecule has 1 atom stereocenters. The fraction of sp³-hybridized carbons (Fsp3) is 0.316. The summed E-state index contributed by atoms with van der Waals surface area (Å²) in [5.41, 5.74) is 0.337. The van der Waals surface area contributed by atoms with Crippen LogP contribution in [0.25, 0.3) is 11.3 Å². The molecule has 26 heavy (non-hydrogen) atoms. The predicted molar refractivity (Wildman–Crippen MR) is 98.6 cm³/mol. The van der Waals surface area contributed by atoms with Crippen molar-refractivity contribution in [2.75, 3.05) is 0 Å².